The van der Waals surface area contributed by atoms with E-state index >= 15 is 0 Å². The highest BCUT2D eigenvalue weighted by atomic mass is 32.2. The van der Waals surface area contributed by atoms with Gasteiger partial charge in [0.25, 0.3) is 0 Å². The van der Waals surface area contributed by atoms with E-state index in [4.69, 9.17) is 9.78 Å². The topological polar surface area (TPSA) is 79.4 Å². The molecule has 0 spiro atoms. The standard InChI is InChI=1S/C25H33N5S.CH5N.CH2O/c1-20(27-22-11-12-22)24(31-30-18-17-28-16-6-9-23(28)19-30)10-4-7-21-8-5-13-26-25(21)29-14-2-3-15-29;2*1-2/h4-6,8-10,13,16,22,27H,2-3,7,11-12,14-15,17-19H2,1H3;2H2,1H3;1H2/b10-4+,24-20+;;. The van der Waals surface area contributed by atoms with E-state index in [2.05, 4.69) is 74.4 Å². The van der Waals surface area contributed by atoms with Crippen molar-refractivity contribution in [3.05, 3.63) is 70.7 Å². The molecule has 2 aromatic rings. The van der Waals surface area contributed by atoms with Crippen molar-refractivity contribution in [3.63, 3.8) is 0 Å². The van der Waals surface area contributed by atoms with Gasteiger partial charge in [0, 0.05) is 67.5 Å². The van der Waals surface area contributed by atoms with Gasteiger partial charge in [-0.25, -0.2) is 9.29 Å². The average Bonchev–Trinajstić information content (AvgIpc) is 3.35. The number of rotatable bonds is 8. The Labute approximate surface area is 214 Å². The van der Waals surface area contributed by atoms with Crippen LogP contribution in [0.1, 0.15) is 43.9 Å². The molecule has 3 aliphatic rings. The number of hydrogen-bond acceptors (Lipinski definition) is 7. The molecule has 2 aromatic heterocycles. The SMILES string of the molecule is C/C(NC1CC1)=C(/C=C/Cc1cccnc1N1CCCC1)SN1CCn2cccc2C1.C=O.CN. The van der Waals surface area contributed by atoms with Crippen LogP contribution < -0.4 is 16.0 Å². The summed E-state index contributed by atoms with van der Waals surface area (Å²) in [6.45, 7) is 9.63. The molecule has 2 fully saturated rings. The van der Waals surface area contributed by atoms with Crippen LogP contribution >= 0.6 is 11.9 Å². The van der Waals surface area contributed by atoms with Crippen molar-refractivity contribution < 1.29 is 4.79 Å². The van der Waals surface area contributed by atoms with Crippen molar-refractivity contribution in [1.29, 1.82) is 0 Å². The van der Waals surface area contributed by atoms with E-state index in [-0.39, 0.29) is 0 Å². The van der Waals surface area contributed by atoms with Crippen molar-refractivity contribution in [2.45, 2.75) is 58.2 Å². The Kier molecular flexibility index (Phi) is 10.9. The molecule has 5 rings (SSSR count). The fourth-order valence-corrected chi connectivity index (χ4v) is 5.43. The zero-order valence-electron chi connectivity index (χ0n) is 21.2. The van der Waals surface area contributed by atoms with Gasteiger partial charge >= 0.3 is 0 Å². The number of carbonyl (C=O) groups is 1. The molecule has 0 radical (unpaired) electrons. The van der Waals surface area contributed by atoms with Crippen molar-refractivity contribution in [2.24, 2.45) is 5.73 Å². The molecule has 0 atom stereocenters. The lowest BCUT2D eigenvalue weighted by Gasteiger charge is -2.28. The van der Waals surface area contributed by atoms with E-state index in [9.17, 15) is 0 Å². The molecule has 0 aromatic carbocycles. The second-order valence-electron chi connectivity index (χ2n) is 8.84. The Morgan fingerprint density at radius 2 is 1.94 bits per heavy atom. The van der Waals surface area contributed by atoms with E-state index < -0.39 is 0 Å². The minimum Gasteiger partial charge on any atom is -0.385 e. The van der Waals surface area contributed by atoms with Crippen LogP contribution in [0.2, 0.25) is 0 Å². The van der Waals surface area contributed by atoms with Gasteiger partial charge in [0.05, 0.1) is 0 Å². The van der Waals surface area contributed by atoms with Crippen LogP contribution in [0, 0.1) is 0 Å². The third kappa shape index (κ3) is 7.72. The fourth-order valence-electron chi connectivity index (χ4n) is 4.43. The first kappa shape index (κ1) is 27.0. The Morgan fingerprint density at radius 1 is 1.17 bits per heavy atom. The summed E-state index contributed by atoms with van der Waals surface area (Å²) in [4.78, 5) is 16.5. The highest BCUT2D eigenvalue weighted by Gasteiger charge is 2.23. The van der Waals surface area contributed by atoms with Gasteiger partial charge in [-0.1, -0.05) is 12.1 Å². The quantitative estimate of drug-likeness (QED) is 0.420. The van der Waals surface area contributed by atoms with E-state index in [1.165, 1.54) is 60.4 Å². The number of nitrogens with zero attached hydrogens (tertiary/aromatic N) is 4. The summed E-state index contributed by atoms with van der Waals surface area (Å²) in [5.74, 6) is 1.17. The maximum atomic E-state index is 8.00. The molecule has 0 amide bonds. The summed E-state index contributed by atoms with van der Waals surface area (Å²) in [5.41, 5.74) is 8.53. The summed E-state index contributed by atoms with van der Waals surface area (Å²) in [6, 6.07) is 9.37. The van der Waals surface area contributed by atoms with E-state index in [0.717, 1.165) is 39.1 Å². The third-order valence-corrected chi connectivity index (χ3v) is 7.54. The molecular formula is C27H40N6OS. The van der Waals surface area contributed by atoms with Crippen molar-refractivity contribution in [3.8, 4) is 0 Å². The molecule has 7 nitrogen and oxygen atoms in total. The molecule has 2 aliphatic heterocycles. The Balaban J connectivity index is 0.000000815. The molecule has 1 saturated heterocycles. The Bertz CT molecular complexity index is 978. The molecule has 1 aliphatic carbocycles. The Morgan fingerprint density at radius 3 is 2.69 bits per heavy atom. The molecule has 35 heavy (non-hydrogen) atoms. The van der Waals surface area contributed by atoms with Crippen molar-refractivity contribution in [1.82, 2.24) is 19.2 Å². The number of hydrogen-bond donors (Lipinski definition) is 2. The predicted octanol–water partition coefficient (Wildman–Crippen LogP) is 4.12. The fraction of sp³-hybridized carbons (Fsp3) is 0.481. The van der Waals surface area contributed by atoms with Crippen LogP contribution in [0.15, 0.2) is 59.4 Å². The summed E-state index contributed by atoms with van der Waals surface area (Å²) < 4.78 is 4.86. The van der Waals surface area contributed by atoms with E-state index in [1.54, 1.807) is 0 Å². The van der Waals surface area contributed by atoms with Crippen LogP contribution in [-0.4, -0.2) is 53.4 Å². The molecule has 8 heteroatoms. The van der Waals surface area contributed by atoms with E-state index in [0.29, 0.717) is 6.04 Å². The summed E-state index contributed by atoms with van der Waals surface area (Å²) in [5, 5.41) is 3.72. The monoisotopic (exact) mass is 496 g/mol. The third-order valence-electron chi connectivity index (χ3n) is 6.33. The second kappa shape index (κ2) is 14.1. The Hall–Kier alpha value is -2.55. The van der Waals surface area contributed by atoms with Gasteiger partial charge in [0.15, 0.2) is 0 Å². The second-order valence-corrected chi connectivity index (χ2v) is 9.98. The number of pyridine rings is 1. The summed E-state index contributed by atoms with van der Waals surface area (Å²) in [6.07, 6.45) is 14.8. The van der Waals surface area contributed by atoms with Gasteiger partial charge in [-0.05, 0) is 87.9 Å². The van der Waals surface area contributed by atoms with Crippen molar-refractivity contribution >= 4 is 24.6 Å². The van der Waals surface area contributed by atoms with Crippen LogP contribution in [-0.2, 0) is 24.3 Å². The molecule has 0 bridgehead atoms. The molecule has 190 valence electrons. The first-order valence-electron chi connectivity index (χ1n) is 12.5. The lowest BCUT2D eigenvalue weighted by Crippen LogP contribution is -2.28. The van der Waals surface area contributed by atoms with Gasteiger partial charge in [0.2, 0.25) is 0 Å². The lowest BCUT2D eigenvalue weighted by atomic mass is 10.1. The maximum absolute atomic E-state index is 8.00. The zero-order valence-corrected chi connectivity index (χ0v) is 22.0. The van der Waals surface area contributed by atoms with Crippen LogP contribution in [0.4, 0.5) is 5.82 Å². The number of nitrogens with two attached hydrogens (primary N) is 1. The van der Waals surface area contributed by atoms with Crippen LogP contribution in [0.3, 0.4) is 0 Å². The molecule has 1 saturated carbocycles. The smallest absolute Gasteiger partial charge is 0.132 e. The van der Waals surface area contributed by atoms with Gasteiger partial charge in [0.1, 0.15) is 12.6 Å². The largest absolute Gasteiger partial charge is 0.385 e. The van der Waals surface area contributed by atoms with Crippen LogP contribution in [0.25, 0.3) is 0 Å². The summed E-state index contributed by atoms with van der Waals surface area (Å²) >= 11 is 1.90. The predicted molar refractivity (Wildman–Crippen MR) is 147 cm³/mol. The number of nitrogens with one attached hydrogen (secondary N) is 1. The minimum atomic E-state index is 0.669. The first-order valence-corrected chi connectivity index (χ1v) is 13.3. The van der Waals surface area contributed by atoms with Crippen LogP contribution in [0.5, 0.6) is 0 Å². The molecular weight excluding hydrogens is 456 g/mol. The number of carbonyl (C=O) groups excluding carboxylic acids is 1. The lowest BCUT2D eigenvalue weighted by molar-refractivity contribution is -0.0979. The number of allylic oxidation sites excluding steroid dienone is 3. The molecule has 0 unspecified atom stereocenters. The zero-order chi connectivity index (χ0) is 25.0. The highest BCUT2D eigenvalue weighted by Crippen LogP contribution is 2.31. The summed E-state index contributed by atoms with van der Waals surface area (Å²) in [7, 11) is 1.50. The minimum absolute atomic E-state index is 0.669. The van der Waals surface area contributed by atoms with Crippen molar-refractivity contribution in [2.75, 3.05) is 31.6 Å². The molecule has 3 N–H and O–H groups in total. The van der Waals surface area contributed by atoms with Gasteiger partial charge < -0.3 is 25.3 Å². The molecule has 4 heterocycles. The highest BCUT2D eigenvalue weighted by molar-refractivity contribution is 8.01. The van der Waals surface area contributed by atoms with Gasteiger partial charge in [-0.2, -0.15) is 0 Å². The van der Waals surface area contributed by atoms with Gasteiger partial charge in [-0.15, -0.1) is 0 Å². The average molecular weight is 497 g/mol. The number of aromatic nitrogens is 2. The first-order chi connectivity index (χ1) is 17.3. The number of anilines is 1. The van der Waals surface area contributed by atoms with E-state index in [1.807, 2.05) is 24.9 Å². The number of fused-ring (bicyclic) bond motifs is 1. The van der Waals surface area contributed by atoms with Gasteiger partial charge in [-0.3, -0.25) is 0 Å². The maximum Gasteiger partial charge on any atom is 0.132 e. The normalized spacial score (nSPS) is 18.2.